The summed E-state index contributed by atoms with van der Waals surface area (Å²) in [6, 6.07) is 15.3. The molecule has 6 nitrogen and oxygen atoms in total. The summed E-state index contributed by atoms with van der Waals surface area (Å²) < 4.78 is 5.62. The average molecular weight is 369 g/mol. The SMILES string of the molecule is Cc1ccc(Cc2cc([C@@H]3O[C@H](CO)[C@@H](O)[C@H](O)[C@H]3O)ccc2C#N)cc1. The third-order valence-electron chi connectivity index (χ3n) is 4.99. The number of benzene rings is 2. The molecule has 1 saturated heterocycles. The lowest BCUT2D eigenvalue weighted by molar-refractivity contribution is -0.231. The average Bonchev–Trinajstić information content (AvgIpc) is 2.68. The molecule has 0 aliphatic carbocycles. The predicted molar refractivity (Wildman–Crippen MR) is 97.9 cm³/mol. The van der Waals surface area contributed by atoms with E-state index in [-0.39, 0.29) is 0 Å². The van der Waals surface area contributed by atoms with Crippen molar-refractivity contribution in [3.8, 4) is 6.07 Å². The summed E-state index contributed by atoms with van der Waals surface area (Å²) in [5.74, 6) is 0. The van der Waals surface area contributed by atoms with Crippen molar-refractivity contribution in [1.82, 2.24) is 0 Å². The van der Waals surface area contributed by atoms with Crippen LogP contribution in [0.3, 0.4) is 0 Å². The van der Waals surface area contributed by atoms with E-state index < -0.39 is 37.1 Å². The third kappa shape index (κ3) is 4.03. The molecule has 0 saturated carbocycles. The van der Waals surface area contributed by atoms with Crippen LogP contribution in [-0.4, -0.2) is 51.4 Å². The molecule has 1 fully saturated rings. The number of hydrogen-bond donors (Lipinski definition) is 4. The van der Waals surface area contributed by atoms with Gasteiger partial charge in [-0.1, -0.05) is 42.0 Å². The van der Waals surface area contributed by atoms with Crippen LogP contribution in [0.5, 0.6) is 0 Å². The van der Waals surface area contributed by atoms with Gasteiger partial charge in [0.15, 0.2) is 0 Å². The first kappa shape index (κ1) is 19.5. The first-order valence-electron chi connectivity index (χ1n) is 8.83. The Hall–Kier alpha value is -2.27. The second-order valence-electron chi connectivity index (χ2n) is 6.94. The summed E-state index contributed by atoms with van der Waals surface area (Å²) in [5.41, 5.74) is 4.06. The number of aryl methyl sites for hydroxylation is 1. The van der Waals surface area contributed by atoms with Crippen LogP contribution in [0.1, 0.15) is 33.9 Å². The molecular weight excluding hydrogens is 346 g/mol. The monoisotopic (exact) mass is 369 g/mol. The predicted octanol–water partition coefficient (Wildman–Crippen LogP) is 0.972. The van der Waals surface area contributed by atoms with E-state index in [4.69, 9.17) is 4.74 Å². The maximum absolute atomic E-state index is 10.3. The highest BCUT2D eigenvalue weighted by Crippen LogP contribution is 2.33. The zero-order chi connectivity index (χ0) is 19.6. The van der Waals surface area contributed by atoms with Gasteiger partial charge in [0, 0.05) is 0 Å². The van der Waals surface area contributed by atoms with Crippen molar-refractivity contribution in [3.63, 3.8) is 0 Å². The van der Waals surface area contributed by atoms with Crippen molar-refractivity contribution in [2.45, 2.75) is 43.9 Å². The second-order valence-corrected chi connectivity index (χ2v) is 6.94. The molecule has 6 heteroatoms. The molecule has 2 aromatic rings. The fraction of sp³-hybridized carbons (Fsp3) is 0.381. The minimum atomic E-state index is -1.43. The van der Waals surface area contributed by atoms with Gasteiger partial charge in [0.2, 0.25) is 0 Å². The van der Waals surface area contributed by atoms with Gasteiger partial charge in [-0.2, -0.15) is 5.26 Å². The van der Waals surface area contributed by atoms with Crippen LogP contribution in [0, 0.1) is 18.3 Å². The van der Waals surface area contributed by atoms with E-state index in [1.54, 1.807) is 18.2 Å². The molecule has 3 rings (SSSR count). The highest BCUT2D eigenvalue weighted by atomic mass is 16.5. The quantitative estimate of drug-likeness (QED) is 0.639. The van der Waals surface area contributed by atoms with E-state index in [2.05, 4.69) is 6.07 Å². The first-order valence-corrected chi connectivity index (χ1v) is 8.83. The first-order chi connectivity index (χ1) is 12.9. The minimum absolute atomic E-state index is 0.478. The largest absolute Gasteiger partial charge is 0.394 e. The summed E-state index contributed by atoms with van der Waals surface area (Å²) in [7, 11) is 0. The van der Waals surface area contributed by atoms with Gasteiger partial charge in [0.05, 0.1) is 18.2 Å². The van der Waals surface area contributed by atoms with Crippen LogP contribution in [0.25, 0.3) is 0 Å². The van der Waals surface area contributed by atoms with Crippen molar-refractivity contribution in [3.05, 3.63) is 70.3 Å². The molecule has 5 atom stereocenters. The molecule has 1 aliphatic heterocycles. The molecular formula is C21H23NO5. The van der Waals surface area contributed by atoms with Gasteiger partial charge in [-0.15, -0.1) is 0 Å². The van der Waals surface area contributed by atoms with Crippen molar-refractivity contribution in [1.29, 1.82) is 5.26 Å². The van der Waals surface area contributed by atoms with E-state index >= 15 is 0 Å². The number of hydrogen-bond acceptors (Lipinski definition) is 6. The molecule has 27 heavy (non-hydrogen) atoms. The van der Waals surface area contributed by atoms with E-state index in [1.165, 1.54) is 0 Å². The Morgan fingerprint density at radius 3 is 2.33 bits per heavy atom. The van der Waals surface area contributed by atoms with Gasteiger partial charge < -0.3 is 25.2 Å². The molecule has 0 bridgehead atoms. The zero-order valence-corrected chi connectivity index (χ0v) is 15.0. The van der Waals surface area contributed by atoms with E-state index in [9.17, 15) is 25.7 Å². The number of nitriles is 1. The lowest BCUT2D eigenvalue weighted by atomic mass is 9.89. The lowest BCUT2D eigenvalue weighted by Crippen LogP contribution is -2.55. The minimum Gasteiger partial charge on any atom is -0.394 e. The standard InChI is InChI=1S/C21H23NO5/c1-12-2-4-13(5-3-12)8-16-9-14(6-7-15(16)10-22)21-20(26)19(25)18(24)17(11-23)27-21/h2-7,9,17-21,23-26H,8,11H2,1H3/t17-,18-,19+,20-,21+/m1/s1. The summed E-state index contributed by atoms with van der Waals surface area (Å²) >= 11 is 0. The molecule has 2 aromatic carbocycles. The Morgan fingerprint density at radius 1 is 1.00 bits per heavy atom. The van der Waals surface area contributed by atoms with Crippen LogP contribution >= 0.6 is 0 Å². The molecule has 1 heterocycles. The smallest absolute Gasteiger partial charge is 0.113 e. The fourth-order valence-electron chi connectivity index (χ4n) is 3.35. The molecule has 1 aliphatic rings. The van der Waals surface area contributed by atoms with E-state index in [0.717, 1.165) is 16.7 Å². The Kier molecular flexibility index (Phi) is 5.90. The molecule has 0 spiro atoms. The molecule has 0 aromatic heterocycles. The van der Waals surface area contributed by atoms with Gasteiger partial charge in [-0.3, -0.25) is 0 Å². The number of aliphatic hydroxyl groups excluding tert-OH is 4. The maximum Gasteiger partial charge on any atom is 0.113 e. The molecule has 4 N–H and O–H groups in total. The maximum atomic E-state index is 10.3. The fourth-order valence-corrected chi connectivity index (χ4v) is 3.35. The Balaban J connectivity index is 1.92. The normalized spacial score (nSPS) is 27.9. The Morgan fingerprint density at radius 2 is 1.70 bits per heavy atom. The van der Waals surface area contributed by atoms with E-state index in [0.29, 0.717) is 17.5 Å². The number of ether oxygens (including phenoxy) is 1. The molecule has 0 radical (unpaired) electrons. The van der Waals surface area contributed by atoms with Crippen molar-refractivity contribution < 1.29 is 25.2 Å². The summed E-state index contributed by atoms with van der Waals surface area (Å²) in [6.45, 7) is 1.53. The van der Waals surface area contributed by atoms with Gasteiger partial charge in [0.25, 0.3) is 0 Å². The number of rotatable bonds is 4. The second kappa shape index (κ2) is 8.17. The third-order valence-corrected chi connectivity index (χ3v) is 4.99. The van der Waals surface area contributed by atoms with Gasteiger partial charge in [0.1, 0.15) is 30.5 Å². The summed E-state index contributed by atoms with van der Waals surface area (Å²) in [6.07, 6.45) is -5.52. The van der Waals surface area contributed by atoms with Crippen LogP contribution < -0.4 is 0 Å². The van der Waals surface area contributed by atoms with Crippen molar-refractivity contribution >= 4 is 0 Å². The zero-order valence-electron chi connectivity index (χ0n) is 15.0. The van der Waals surface area contributed by atoms with E-state index in [1.807, 2.05) is 31.2 Å². The Bertz CT molecular complexity index is 827. The van der Waals surface area contributed by atoms with Crippen LogP contribution in [0.4, 0.5) is 0 Å². The number of aliphatic hydroxyl groups is 4. The summed E-state index contributed by atoms with van der Waals surface area (Å²) in [4.78, 5) is 0. The highest BCUT2D eigenvalue weighted by molar-refractivity contribution is 5.44. The highest BCUT2D eigenvalue weighted by Gasteiger charge is 2.44. The molecule has 0 amide bonds. The molecule has 142 valence electrons. The van der Waals surface area contributed by atoms with Gasteiger partial charge >= 0.3 is 0 Å². The van der Waals surface area contributed by atoms with Crippen LogP contribution in [0.15, 0.2) is 42.5 Å². The lowest BCUT2D eigenvalue weighted by Gasteiger charge is -2.40. The Labute approximate surface area is 157 Å². The van der Waals surface area contributed by atoms with Crippen LogP contribution in [0.2, 0.25) is 0 Å². The van der Waals surface area contributed by atoms with Gasteiger partial charge in [-0.25, -0.2) is 0 Å². The van der Waals surface area contributed by atoms with Crippen LogP contribution in [-0.2, 0) is 11.2 Å². The molecule has 0 unspecified atom stereocenters. The van der Waals surface area contributed by atoms with Crippen molar-refractivity contribution in [2.24, 2.45) is 0 Å². The number of nitrogens with zero attached hydrogens (tertiary/aromatic N) is 1. The summed E-state index contributed by atoms with van der Waals surface area (Å²) in [5, 5.41) is 49.1. The topological polar surface area (TPSA) is 114 Å². The van der Waals surface area contributed by atoms with Gasteiger partial charge in [-0.05, 0) is 36.1 Å². The van der Waals surface area contributed by atoms with Crippen molar-refractivity contribution in [2.75, 3.05) is 6.61 Å².